The Kier molecular flexibility index (Phi) is 4.10. The van der Waals surface area contributed by atoms with Crippen molar-refractivity contribution in [3.63, 3.8) is 0 Å². The third-order valence-corrected chi connectivity index (χ3v) is 4.61. The van der Waals surface area contributed by atoms with Gasteiger partial charge in [-0.05, 0) is 24.6 Å². The molecule has 1 heterocycles. The average Bonchev–Trinajstić information content (AvgIpc) is 2.78. The van der Waals surface area contributed by atoms with Crippen molar-refractivity contribution in [2.75, 3.05) is 7.11 Å². The Morgan fingerprint density at radius 3 is 2.45 bits per heavy atom. The Labute approximate surface area is 118 Å². The number of benzene rings is 1. The maximum Gasteiger partial charge on any atom is 0.244 e. The van der Waals surface area contributed by atoms with Crippen LogP contribution in [0.4, 0.5) is 0 Å². The molecule has 0 fully saturated rings. The van der Waals surface area contributed by atoms with Crippen molar-refractivity contribution >= 4 is 10.0 Å². The average molecular weight is 295 g/mol. The smallest absolute Gasteiger partial charge is 0.244 e. The second-order valence-corrected chi connectivity index (χ2v) is 6.13. The van der Waals surface area contributed by atoms with Crippen LogP contribution in [0.2, 0.25) is 0 Å². The summed E-state index contributed by atoms with van der Waals surface area (Å²) in [5.41, 5.74) is 1.46. The van der Waals surface area contributed by atoms with Gasteiger partial charge >= 0.3 is 0 Å². The van der Waals surface area contributed by atoms with Crippen molar-refractivity contribution in [2.45, 2.75) is 18.4 Å². The molecule has 0 bridgehead atoms. The normalized spacial score (nSPS) is 11.6. The molecule has 2 aromatic rings. The van der Waals surface area contributed by atoms with E-state index in [1.807, 2.05) is 12.1 Å². The van der Waals surface area contributed by atoms with E-state index in [0.717, 1.165) is 11.3 Å². The van der Waals surface area contributed by atoms with Gasteiger partial charge in [0.15, 0.2) is 0 Å². The second kappa shape index (κ2) is 5.64. The molecule has 0 aliphatic rings. The number of hydrogen-bond donors (Lipinski definition) is 1. The van der Waals surface area contributed by atoms with Crippen molar-refractivity contribution in [1.82, 2.24) is 14.5 Å². The molecule has 0 saturated carbocycles. The van der Waals surface area contributed by atoms with E-state index < -0.39 is 10.0 Å². The third-order valence-electron chi connectivity index (χ3n) is 3.11. The Hall–Kier alpha value is -1.86. The highest BCUT2D eigenvalue weighted by Crippen LogP contribution is 2.15. The molecule has 6 nitrogen and oxygen atoms in total. The van der Waals surface area contributed by atoms with Crippen molar-refractivity contribution < 1.29 is 13.2 Å². The minimum absolute atomic E-state index is 0.202. The van der Waals surface area contributed by atoms with E-state index in [2.05, 4.69) is 9.82 Å². The van der Waals surface area contributed by atoms with Crippen LogP contribution in [0.1, 0.15) is 11.3 Å². The summed E-state index contributed by atoms with van der Waals surface area (Å²) in [4.78, 5) is 0.202. The number of nitrogens with one attached hydrogen (secondary N) is 1. The molecule has 0 spiro atoms. The lowest BCUT2D eigenvalue weighted by Gasteiger charge is -2.07. The highest BCUT2D eigenvalue weighted by atomic mass is 32.2. The highest BCUT2D eigenvalue weighted by molar-refractivity contribution is 7.89. The molecule has 0 atom stereocenters. The van der Waals surface area contributed by atoms with Gasteiger partial charge in [-0.1, -0.05) is 12.1 Å². The Morgan fingerprint density at radius 1 is 1.30 bits per heavy atom. The lowest BCUT2D eigenvalue weighted by molar-refractivity contribution is 0.414. The first-order valence-electron chi connectivity index (χ1n) is 6.05. The minimum atomic E-state index is -3.55. The van der Waals surface area contributed by atoms with Crippen LogP contribution < -0.4 is 9.46 Å². The van der Waals surface area contributed by atoms with Gasteiger partial charge in [0.1, 0.15) is 10.6 Å². The molecule has 0 aliphatic carbocycles. The molecule has 108 valence electrons. The monoisotopic (exact) mass is 295 g/mol. The number of sulfonamides is 1. The maximum absolute atomic E-state index is 12.2. The summed E-state index contributed by atoms with van der Waals surface area (Å²) in [6.45, 7) is 1.94. The largest absolute Gasteiger partial charge is 0.497 e. The first-order valence-corrected chi connectivity index (χ1v) is 7.53. The first kappa shape index (κ1) is 14.5. The van der Waals surface area contributed by atoms with Gasteiger partial charge in [-0.2, -0.15) is 5.10 Å². The molecule has 0 saturated heterocycles. The highest BCUT2D eigenvalue weighted by Gasteiger charge is 2.19. The Balaban J connectivity index is 2.11. The fourth-order valence-electron chi connectivity index (χ4n) is 1.74. The standard InChI is InChI=1S/C13H17N3O3S/c1-10-13(9-14-16(10)2)20(17,18)15-8-11-4-6-12(19-3)7-5-11/h4-7,9,15H,8H2,1-3H3. The van der Waals surface area contributed by atoms with Crippen LogP contribution >= 0.6 is 0 Å². The van der Waals surface area contributed by atoms with Gasteiger partial charge in [0.05, 0.1) is 19.0 Å². The molecule has 0 unspecified atom stereocenters. The van der Waals surface area contributed by atoms with E-state index in [-0.39, 0.29) is 11.4 Å². The number of methoxy groups -OCH3 is 1. The first-order chi connectivity index (χ1) is 9.44. The van der Waals surface area contributed by atoms with E-state index in [1.165, 1.54) is 10.9 Å². The van der Waals surface area contributed by atoms with E-state index in [1.54, 1.807) is 33.2 Å². The SMILES string of the molecule is COc1ccc(CNS(=O)(=O)c2cnn(C)c2C)cc1. The fraction of sp³-hybridized carbons (Fsp3) is 0.308. The molecule has 1 aromatic carbocycles. The molecule has 0 radical (unpaired) electrons. The van der Waals surface area contributed by atoms with Crippen molar-refractivity contribution in [2.24, 2.45) is 7.05 Å². The third kappa shape index (κ3) is 3.00. The summed E-state index contributed by atoms with van der Waals surface area (Å²) in [6, 6.07) is 7.22. The molecular weight excluding hydrogens is 278 g/mol. The number of aromatic nitrogens is 2. The van der Waals surface area contributed by atoms with Crippen LogP contribution in [0.3, 0.4) is 0 Å². The molecule has 1 N–H and O–H groups in total. The summed E-state index contributed by atoms with van der Waals surface area (Å²) in [6.07, 6.45) is 1.35. The number of nitrogens with zero attached hydrogens (tertiary/aromatic N) is 2. The Morgan fingerprint density at radius 2 is 1.95 bits per heavy atom. The van der Waals surface area contributed by atoms with Crippen molar-refractivity contribution in [3.05, 3.63) is 41.7 Å². The summed E-state index contributed by atoms with van der Waals surface area (Å²) in [5.74, 6) is 0.736. The van der Waals surface area contributed by atoms with Crippen LogP contribution in [0.15, 0.2) is 35.4 Å². The lowest BCUT2D eigenvalue weighted by Crippen LogP contribution is -2.23. The quantitative estimate of drug-likeness (QED) is 0.900. The van der Waals surface area contributed by atoms with Crippen molar-refractivity contribution in [3.8, 4) is 5.75 Å². The predicted molar refractivity (Wildman–Crippen MR) is 75.0 cm³/mol. The number of hydrogen-bond acceptors (Lipinski definition) is 4. The molecule has 2 rings (SSSR count). The maximum atomic E-state index is 12.2. The predicted octanol–water partition coefficient (Wildman–Crippen LogP) is 1.22. The van der Waals surface area contributed by atoms with Crippen LogP contribution in [-0.4, -0.2) is 25.3 Å². The fourth-order valence-corrected chi connectivity index (χ4v) is 2.96. The van der Waals surface area contributed by atoms with Crippen LogP contribution in [0, 0.1) is 6.92 Å². The topological polar surface area (TPSA) is 73.2 Å². The number of aryl methyl sites for hydroxylation is 1. The molecule has 0 amide bonds. The lowest BCUT2D eigenvalue weighted by atomic mass is 10.2. The number of rotatable bonds is 5. The van der Waals surface area contributed by atoms with Crippen LogP contribution in [-0.2, 0) is 23.6 Å². The van der Waals surface area contributed by atoms with E-state index in [4.69, 9.17) is 4.74 Å². The van der Waals surface area contributed by atoms with Gasteiger partial charge in [0.25, 0.3) is 0 Å². The van der Waals surface area contributed by atoms with Gasteiger partial charge in [-0.25, -0.2) is 13.1 Å². The second-order valence-electron chi connectivity index (χ2n) is 4.39. The van der Waals surface area contributed by atoms with E-state index in [0.29, 0.717) is 5.69 Å². The molecule has 7 heteroatoms. The van der Waals surface area contributed by atoms with Gasteiger partial charge in [-0.3, -0.25) is 4.68 Å². The number of ether oxygens (including phenoxy) is 1. The zero-order valence-corrected chi connectivity index (χ0v) is 12.4. The summed E-state index contributed by atoms with van der Waals surface area (Å²) in [7, 11) is -0.256. The van der Waals surface area contributed by atoms with Crippen LogP contribution in [0.5, 0.6) is 5.75 Å². The van der Waals surface area contributed by atoms with Gasteiger partial charge in [0.2, 0.25) is 10.0 Å². The molecule has 0 aliphatic heterocycles. The summed E-state index contributed by atoms with van der Waals surface area (Å²) in [5, 5.41) is 3.94. The van der Waals surface area contributed by atoms with E-state index >= 15 is 0 Å². The van der Waals surface area contributed by atoms with Crippen molar-refractivity contribution in [1.29, 1.82) is 0 Å². The van der Waals surface area contributed by atoms with E-state index in [9.17, 15) is 8.42 Å². The zero-order chi connectivity index (χ0) is 14.8. The molecule has 1 aromatic heterocycles. The summed E-state index contributed by atoms with van der Waals surface area (Å²) < 4.78 is 33.5. The Bertz CT molecular complexity index is 690. The summed E-state index contributed by atoms with van der Waals surface area (Å²) >= 11 is 0. The molecule has 20 heavy (non-hydrogen) atoms. The zero-order valence-electron chi connectivity index (χ0n) is 11.6. The van der Waals surface area contributed by atoms with Gasteiger partial charge in [-0.15, -0.1) is 0 Å². The molecular formula is C13H17N3O3S. The minimum Gasteiger partial charge on any atom is -0.497 e. The van der Waals surface area contributed by atoms with Gasteiger partial charge < -0.3 is 4.74 Å². The van der Waals surface area contributed by atoms with Crippen LogP contribution in [0.25, 0.3) is 0 Å². The van der Waals surface area contributed by atoms with Gasteiger partial charge in [0, 0.05) is 13.6 Å².